The highest BCUT2D eigenvalue weighted by Gasteiger charge is 2.38. The Bertz CT molecular complexity index is 779. The summed E-state index contributed by atoms with van der Waals surface area (Å²) in [4.78, 5) is 33.1. The van der Waals surface area contributed by atoms with Crippen LogP contribution in [0.2, 0.25) is 0 Å². The van der Waals surface area contributed by atoms with Crippen LogP contribution in [-0.2, 0) is 16.1 Å². The zero-order valence-corrected chi connectivity index (χ0v) is 16.5. The molecule has 3 rings (SSSR count). The van der Waals surface area contributed by atoms with E-state index in [4.69, 9.17) is 4.74 Å². The Labute approximate surface area is 157 Å². The maximum Gasteiger partial charge on any atom is 0.410 e. The number of likely N-dealkylation sites (N-methyl/N-ethyl adjacent to an activating group) is 1. The van der Waals surface area contributed by atoms with Gasteiger partial charge in [0.05, 0.1) is 16.8 Å². The lowest BCUT2D eigenvalue weighted by Gasteiger charge is -2.30. The molecule has 6 nitrogen and oxygen atoms in total. The molecule has 140 valence electrons. The van der Waals surface area contributed by atoms with Crippen molar-refractivity contribution in [2.45, 2.75) is 51.8 Å². The van der Waals surface area contributed by atoms with Crippen molar-refractivity contribution in [3.8, 4) is 0 Å². The highest BCUT2D eigenvalue weighted by Crippen LogP contribution is 2.25. The summed E-state index contributed by atoms with van der Waals surface area (Å²) in [6, 6.07) is 7.48. The van der Waals surface area contributed by atoms with Gasteiger partial charge in [-0.1, -0.05) is 12.1 Å². The standard InChI is InChI=1S/C19H25N3O3S/c1-19(2,3)25-18(24)22-11-7-9-14(22)17(23)21(4)12-16-20-13-8-5-6-10-15(13)26-16/h5-6,8,10,14H,7,9,11-12H2,1-4H3/t14-/m1/s1. The van der Waals surface area contributed by atoms with Crippen LogP contribution < -0.4 is 0 Å². The van der Waals surface area contributed by atoms with Gasteiger partial charge < -0.3 is 9.64 Å². The number of nitrogens with zero attached hydrogens (tertiary/aromatic N) is 3. The molecule has 1 aliphatic heterocycles. The summed E-state index contributed by atoms with van der Waals surface area (Å²) < 4.78 is 6.56. The van der Waals surface area contributed by atoms with Crippen molar-refractivity contribution in [1.29, 1.82) is 0 Å². The number of carbonyl (C=O) groups excluding carboxylic acids is 2. The number of ether oxygens (including phenoxy) is 1. The van der Waals surface area contributed by atoms with E-state index in [0.717, 1.165) is 21.6 Å². The maximum absolute atomic E-state index is 12.9. The number of hydrogen-bond acceptors (Lipinski definition) is 5. The first-order valence-corrected chi connectivity index (χ1v) is 9.65. The van der Waals surface area contributed by atoms with Gasteiger partial charge in [-0.15, -0.1) is 11.3 Å². The van der Waals surface area contributed by atoms with Gasteiger partial charge in [0.1, 0.15) is 16.7 Å². The lowest BCUT2D eigenvalue weighted by atomic mass is 10.2. The van der Waals surface area contributed by atoms with Gasteiger partial charge in [-0.25, -0.2) is 9.78 Å². The van der Waals surface area contributed by atoms with Gasteiger partial charge >= 0.3 is 6.09 Å². The third-order valence-corrected chi connectivity index (χ3v) is 5.27. The SMILES string of the molecule is CN(Cc1nc2ccccc2s1)C(=O)[C@H]1CCCN1C(=O)OC(C)(C)C. The highest BCUT2D eigenvalue weighted by molar-refractivity contribution is 7.18. The van der Waals surface area contributed by atoms with E-state index in [1.54, 1.807) is 28.2 Å². The molecule has 0 radical (unpaired) electrons. The lowest BCUT2D eigenvalue weighted by Crippen LogP contribution is -2.47. The molecule has 2 aromatic rings. The molecule has 1 aromatic heterocycles. The minimum atomic E-state index is -0.569. The van der Waals surface area contributed by atoms with Gasteiger partial charge in [0, 0.05) is 13.6 Å². The van der Waals surface area contributed by atoms with Gasteiger partial charge in [-0.05, 0) is 45.7 Å². The minimum absolute atomic E-state index is 0.0624. The van der Waals surface area contributed by atoms with Crippen LogP contribution in [0.15, 0.2) is 24.3 Å². The van der Waals surface area contributed by atoms with Crippen LogP contribution in [0.25, 0.3) is 10.2 Å². The number of rotatable bonds is 3. The zero-order chi connectivity index (χ0) is 18.9. The van der Waals surface area contributed by atoms with Gasteiger partial charge in [-0.2, -0.15) is 0 Å². The van der Waals surface area contributed by atoms with E-state index in [1.165, 1.54) is 0 Å². The Balaban J connectivity index is 1.67. The molecular weight excluding hydrogens is 350 g/mol. The van der Waals surface area contributed by atoms with E-state index in [1.807, 2.05) is 45.0 Å². The molecule has 2 amide bonds. The quantitative estimate of drug-likeness (QED) is 0.821. The molecule has 0 spiro atoms. The van der Waals surface area contributed by atoms with Crippen molar-refractivity contribution in [2.24, 2.45) is 0 Å². The van der Waals surface area contributed by atoms with E-state index < -0.39 is 17.7 Å². The fourth-order valence-corrected chi connectivity index (χ4v) is 4.11. The Morgan fingerprint density at radius 1 is 1.35 bits per heavy atom. The first-order valence-electron chi connectivity index (χ1n) is 8.83. The number of fused-ring (bicyclic) bond motifs is 1. The fraction of sp³-hybridized carbons (Fsp3) is 0.526. The lowest BCUT2D eigenvalue weighted by molar-refractivity contribution is -0.135. The van der Waals surface area contributed by atoms with Gasteiger partial charge in [0.2, 0.25) is 5.91 Å². The number of thiazole rings is 1. The Kier molecular flexibility index (Phi) is 5.18. The number of amides is 2. The summed E-state index contributed by atoms with van der Waals surface area (Å²) in [5.74, 6) is -0.0624. The first-order chi connectivity index (χ1) is 12.2. The van der Waals surface area contributed by atoms with Crippen LogP contribution in [0.4, 0.5) is 4.79 Å². The molecule has 26 heavy (non-hydrogen) atoms. The Morgan fingerprint density at radius 2 is 2.08 bits per heavy atom. The third-order valence-electron chi connectivity index (χ3n) is 4.25. The van der Waals surface area contributed by atoms with E-state index in [0.29, 0.717) is 19.5 Å². The fourth-order valence-electron chi connectivity index (χ4n) is 3.09. The first kappa shape index (κ1) is 18.6. The largest absolute Gasteiger partial charge is 0.444 e. The molecule has 0 unspecified atom stereocenters. The van der Waals surface area contributed by atoms with Crippen molar-refractivity contribution in [3.05, 3.63) is 29.3 Å². The summed E-state index contributed by atoms with van der Waals surface area (Å²) in [6.07, 6.45) is 1.06. The van der Waals surface area contributed by atoms with Crippen LogP contribution in [0.5, 0.6) is 0 Å². The van der Waals surface area contributed by atoms with Gasteiger partial charge in [-0.3, -0.25) is 9.69 Å². The number of benzene rings is 1. The summed E-state index contributed by atoms with van der Waals surface area (Å²) in [7, 11) is 1.76. The average Bonchev–Trinajstić information content (AvgIpc) is 3.18. The van der Waals surface area contributed by atoms with E-state index >= 15 is 0 Å². The second-order valence-corrected chi connectivity index (χ2v) is 8.72. The Morgan fingerprint density at radius 3 is 2.77 bits per heavy atom. The second kappa shape index (κ2) is 7.23. The van der Waals surface area contributed by atoms with Gasteiger partial charge in [0.25, 0.3) is 0 Å². The number of likely N-dealkylation sites (tertiary alicyclic amines) is 1. The number of para-hydroxylation sites is 1. The minimum Gasteiger partial charge on any atom is -0.444 e. The summed E-state index contributed by atoms with van der Waals surface area (Å²) in [6.45, 7) is 6.49. The van der Waals surface area contributed by atoms with E-state index in [9.17, 15) is 9.59 Å². The molecule has 0 saturated carbocycles. The molecule has 1 atom stereocenters. The number of aromatic nitrogens is 1. The number of carbonyl (C=O) groups is 2. The van der Waals surface area contributed by atoms with Crippen molar-refractivity contribution in [1.82, 2.24) is 14.8 Å². The summed E-state index contributed by atoms with van der Waals surface area (Å²) in [5.41, 5.74) is 0.379. The molecule has 1 saturated heterocycles. The molecule has 1 aromatic carbocycles. The van der Waals surface area contributed by atoms with Gasteiger partial charge in [0.15, 0.2) is 0 Å². The predicted molar refractivity (Wildman–Crippen MR) is 102 cm³/mol. The van der Waals surface area contributed by atoms with E-state index in [-0.39, 0.29) is 5.91 Å². The smallest absolute Gasteiger partial charge is 0.410 e. The zero-order valence-electron chi connectivity index (χ0n) is 15.7. The van der Waals surface area contributed by atoms with Crippen molar-refractivity contribution in [2.75, 3.05) is 13.6 Å². The molecule has 0 N–H and O–H groups in total. The van der Waals surface area contributed by atoms with Crippen LogP contribution in [-0.4, -0.2) is 52.0 Å². The second-order valence-electron chi connectivity index (χ2n) is 7.60. The van der Waals surface area contributed by atoms with Crippen LogP contribution >= 0.6 is 11.3 Å². The number of hydrogen-bond donors (Lipinski definition) is 0. The van der Waals surface area contributed by atoms with E-state index in [2.05, 4.69) is 4.98 Å². The maximum atomic E-state index is 12.9. The summed E-state index contributed by atoms with van der Waals surface area (Å²) in [5, 5.41) is 0.892. The highest BCUT2D eigenvalue weighted by atomic mass is 32.1. The van der Waals surface area contributed by atoms with Crippen LogP contribution in [0.3, 0.4) is 0 Å². The van der Waals surface area contributed by atoms with Crippen molar-refractivity contribution >= 4 is 33.6 Å². The Hall–Kier alpha value is -2.15. The molecular formula is C19H25N3O3S. The molecule has 1 aliphatic rings. The molecule has 7 heteroatoms. The molecule has 0 bridgehead atoms. The summed E-state index contributed by atoms with van der Waals surface area (Å²) >= 11 is 1.59. The molecule has 0 aliphatic carbocycles. The third kappa shape index (κ3) is 4.15. The monoisotopic (exact) mass is 375 g/mol. The van der Waals surface area contributed by atoms with Crippen LogP contribution in [0.1, 0.15) is 38.6 Å². The predicted octanol–water partition coefficient (Wildman–Crippen LogP) is 3.65. The average molecular weight is 375 g/mol. The molecule has 1 fully saturated rings. The molecule has 2 heterocycles. The topological polar surface area (TPSA) is 62.7 Å². The van der Waals surface area contributed by atoms with Crippen molar-refractivity contribution < 1.29 is 14.3 Å². The normalized spacial score (nSPS) is 17.5. The van der Waals surface area contributed by atoms with Crippen molar-refractivity contribution in [3.63, 3.8) is 0 Å². The van der Waals surface area contributed by atoms with Crippen LogP contribution in [0, 0.1) is 0 Å².